The van der Waals surface area contributed by atoms with Crippen LogP contribution in [0.2, 0.25) is 0 Å². The molecule has 0 saturated carbocycles. The van der Waals surface area contributed by atoms with E-state index in [2.05, 4.69) is 49.7 Å². The van der Waals surface area contributed by atoms with E-state index in [9.17, 15) is 55.1 Å². The second kappa shape index (κ2) is 26.2. The van der Waals surface area contributed by atoms with Gasteiger partial charge in [-0.15, -0.1) is 0 Å². The van der Waals surface area contributed by atoms with Crippen LogP contribution in [0.1, 0.15) is 58.8 Å². The summed E-state index contributed by atoms with van der Waals surface area (Å²) in [4.78, 5) is 76.9. The first kappa shape index (κ1) is 56.5. The second-order valence-corrected chi connectivity index (χ2v) is 14.9. The Morgan fingerprint density at radius 2 is 0.932 bits per heavy atom. The minimum Gasteiger partial charge on any atom is -0.457 e. The van der Waals surface area contributed by atoms with Crippen molar-refractivity contribution < 1.29 is 64.6 Å². The molecular weight excluding hydrogens is 990 g/mol. The first-order valence-corrected chi connectivity index (χ1v) is 21.5. The summed E-state index contributed by atoms with van der Waals surface area (Å²) in [6.07, 6.45) is -3.94. The summed E-state index contributed by atoms with van der Waals surface area (Å²) >= 11 is 4.71. The standard InChI is InChI=1S/C25H21F3N4O4.C22H19F3N4O3.C3H3ClO/c1-3-22(33)21-14-18(11-12-29-21)36-17-8-5-15(6-9-17)30-24(35)31-16-7-10-20(32-23(34)4-2)19(13-16)25(26,27)28;1-2-20(30)19-12-16(9-10-27-19)32-15-6-3-13(4-7-15)28-21(31)29-14-5-8-18(26)17(11-14)22(23,24)25;1-2-3(4)5/h4-14H,2-3H2,1H3,(H,32,34)(H2,30,31,35);3-12H,2,26H2,1H3,(H2,28,29,31);2H,1H2. The SMILES string of the molecule is C=CC(=O)Cl.C=CC(=O)Nc1ccc(NC(=O)Nc2ccc(Oc3ccnc(C(=O)CC)c3)cc2)cc1C(F)(F)F.CCC(=O)c1cc(Oc2ccc(NC(=O)Nc3ccc(N)c(C(F)(F)F)c3)cc2)ccn1. The molecule has 380 valence electrons. The third-order valence-electron chi connectivity index (χ3n) is 9.18. The van der Waals surface area contributed by atoms with Crippen LogP contribution in [0.3, 0.4) is 0 Å². The number of aromatic nitrogens is 2. The molecule has 0 aliphatic rings. The highest BCUT2D eigenvalue weighted by Gasteiger charge is 2.35. The van der Waals surface area contributed by atoms with E-state index in [0.717, 1.165) is 30.4 Å². The van der Waals surface area contributed by atoms with Gasteiger partial charge in [0.15, 0.2) is 11.6 Å². The molecular formula is C50H43ClF6N8O8. The fourth-order valence-electron chi connectivity index (χ4n) is 5.72. The van der Waals surface area contributed by atoms with E-state index in [4.69, 9.17) is 26.8 Å². The summed E-state index contributed by atoms with van der Waals surface area (Å²) in [5.41, 5.74) is 3.43. The van der Waals surface area contributed by atoms with E-state index in [-0.39, 0.29) is 28.6 Å². The molecule has 0 unspecified atom stereocenters. The van der Waals surface area contributed by atoms with Crippen molar-refractivity contribution >= 4 is 80.5 Å². The summed E-state index contributed by atoms with van der Waals surface area (Å²) in [6.45, 7) is 9.75. The Morgan fingerprint density at radius 1 is 0.548 bits per heavy atom. The van der Waals surface area contributed by atoms with Crippen molar-refractivity contribution in [2.45, 2.75) is 39.0 Å². The number of anilines is 6. The Morgan fingerprint density at radius 3 is 1.32 bits per heavy atom. The van der Waals surface area contributed by atoms with E-state index in [0.29, 0.717) is 59.0 Å². The number of nitrogens with zero attached hydrogens (tertiary/aromatic N) is 2. The summed E-state index contributed by atoms with van der Waals surface area (Å²) in [5.74, 6) is 0.686. The van der Waals surface area contributed by atoms with Gasteiger partial charge in [0.2, 0.25) is 11.1 Å². The number of ketones is 2. The lowest BCUT2D eigenvalue weighted by atomic mass is 10.1. The molecule has 0 aliphatic carbocycles. The third kappa shape index (κ3) is 18.3. The van der Waals surface area contributed by atoms with Crippen molar-refractivity contribution in [3.63, 3.8) is 0 Å². The number of ether oxygens (including phenoxy) is 2. The van der Waals surface area contributed by atoms with Gasteiger partial charge in [0.05, 0.1) is 16.8 Å². The number of rotatable bonds is 15. The number of urea groups is 2. The number of Topliss-reactive ketones (excluding diaryl/α,β-unsaturated/α-hetero) is 2. The number of alkyl halides is 6. The van der Waals surface area contributed by atoms with E-state index >= 15 is 0 Å². The Labute approximate surface area is 417 Å². The maximum absolute atomic E-state index is 13.4. The minimum atomic E-state index is -4.77. The fraction of sp³-hybridized carbons (Fsp3) is 0.120. The van der Waals surface area contributed by atoms with E-state index in [1.165, 1.54) is 48.8 Å². The average molecular weight is 1030 g/mol. The van der Waals surface area contributed by atoms with Gasteiger partial charge < -0.3 is 41.8 Å². The zero-order chi connectivity index (χ0) is 53.9. The molecule has 0 atom stereocenters. The number of allylic oxidation sites excluding steroid dienone is 1. The monoisotopic (exact) mass is 1030 g/mol. The lowest BCUT2D eigenvalue weighted by Crippen LogP contribution is -2.20. The van der Waals surface area contributed by atoms with Gasteiger partial charge in [-0.3, -0.25) is 29.1 Å². The Hall–Kier alpha value is -9.05. The maximum atomic E-state index is 13.4. The van der Waals surface area contributed by atoms with Crippen LogP contribution in [0.4, 0.5) is 70.1 Å². The predicted molar refractivity (Wildman–Crippen MR) is 263 cm³/mol. The number of amides is 5. The number of carbonyl (C=O) groups excluding carboxylic acids is 6. The zero-order valence-corrected chi connectivity index (χ0v) is 39.2. The second-order valence-electron chi connectivity index (χ2n) is 14.5. The first-order valence-electron chi connectivity index (χ1n) is 21.1. The number of benzene rings is 4. The van der Waals surface area contributed by atoms with Crippen LogP contribution in [0, 0.1) is 0 Å². The van der Waals surface area contributed by atoms with Crippen molar-refractivity contribution in [1.82, 2.24) is 9.97 Å². The van der Waals surface area contributed by atoms with Crippen LogP contribution < -0.4 is 41.8 Å². The highest BCUT2D eigenvalue weighted by molar-refractivity contribution is 6.66. The molecule has 0 radical (unpaired) electrons. The highest BCUT2D eigenvalue weighted by Crippen LogP contribution is 2.37. The lowest BCUT2D eigenvalue weighted by molar-refractivity contribution is -0.137. The molecule has 0 aliphatic heterocycles. The zero-order valence-electron chi connectivity index (χ0n) is 38.4. The highest BCUT2D eigenvalue weighted by atomic mass is 35.5. The Balaban J connectivity index is 0.000000291. The molecule has 7 N–H and O–H groups in total. The molecule has 6 rings (SSSR count). The number of pyridine rings is 2. The largest absolute Gasteiger partial charge is 0.457 e. The van der Waals surface area contributed by atoms with Gasteiger partial charge in [0, 0.05) is 65.8 Å². The molecule has 0 saturated heterocycles. The minimum absolute atomic E-state index is 0.0564. The van der Waals surface area contributed by atoms with Gasteiger partial charge in [-0.25, -0.2) is 9.59 Å². The summed E-state index contributed by atoms with van der Waals surface area (Å²) in [7, 11) is 0. The Bertz CT molecular complexity index is 2970. The molecule has 0 spiro atoms. The lowest BCUT2D eigenvalue weighted by Gasteiger charge is -2.15. The number of nitrogens with one attached hydrogen (secondary N) is 5. The third-order valence-corrected chi connectivity index (χ3v) is 9.33. The van der Waals surface area contributed by atoms with Crippen LogP contribution in [0.15, 0.2) is 147 Å². The van der Waals surface area contributed by atoms with Gasteiger partial charge in [-0.05, 0) is 121 Å². The number of nitrogens with two attached hydrogens (primary N) is 1. The van der Waals surface area contributed by atoms with Gasteiger partial charge in [0.1, 0.15) is 34.4 Å². The number of hydrogen-bond donors (Lipinski definition) is 6. The predicted octanol–water partition coefficient (Wildman–Crippen LogP) is 12.9. The van der Waals surface area contributed by atoms with Crippen molar-refractivity contribution in [3.8, 4) is 23.0 Å². The van der Waals surface area contributed by atoms with Crippen LogP contribution in [0.25, 0.3) is 0 Å². The molecule has 6 aromatic rings. The first-order chi connectivity index (χ1) is 34.5. The Kier molecular flexibility index (Phi) is 20.3. The van der Waals surface area contributed by atoms with Crippen molar-refractivity contribution in [2.24, 2.45) is 0 Å². The van der Waals surface area contributed by atoms with E-state index in [1.807, 2.05) is 0 Å². The van der Waals surface area contributed by atoms with Gasteiger partial charge >= 0.3 is 24.4 Å². The topological polar surface area (TPSA) is 233 Å². The fourth-order valence-corrected chi connectivity index (χ4v) is 5.72. The molecule has 73 heavy (non-hydrogen) atoms. The van der Waals surface area contributed by atoms with E-state index < -0.39 is 58.1 Å². The summed E-state index contributed by atoms with van der Waals surface area (Å²) in [6, 6.07) is 23.3. The molecule has 2 aromatic heterocycles. The molecule has 0 fully saturated rings. The van der Waals surface area contributed by atoms with Crippen LogP contribution >= 0.6 is 11.6 Å². The molecule has 5 amide bonds. The molecule has 23 heteroatoms. The average Bonchev–Trinajstić information content (AvgIpc) is 3.35. The quantitative estimate of drug-likeness (QED) is 0.0186. The van der Waals surface area contributed by atoms with Gasteiger partial charge in [-0.1, -0.05) is 27.0 Å². The molecule has 4 aromatic carbocycles. The number of hydrogen-bond acceptors (Lipinski definition) is 11. The normalized spacial score (nSPS) is 10.6. The smallest absolute Gasteiger partial charge is 0.418 e. The van der Waals surface area contributed by atoms with Gasteiger partial charge in [-0.2, -0.15) is 26.3 Å². The van der Waals surface area contributed by atoms with Crippen molar-refractivity contribution in [1.29, 1.82) is 0 Å². The molecule has 0 bridgehead atoms. The number of nitrogen functional groups attached to an aromatic ring is 1. The van der Waals surface area contributed by atoms with Crippen LogP contribution in [-0.4, -0.2) is 44.7 Å². The van der Waals surface area contributed by atoms with Gasteiger partial charge in [0.25, 0.3) is 0 Å². The van der Waals surface area contributed by atoms with E-state index in [1.54, 1.807) is 62.4 Å². The summed E-state index contributed by atoms with van der Waals surface area (Å²) in [5, 5.41) is 11.2. The summed E-state index contributed by atoms with van der Waals surface area (Å²) < 4.78 is 90.4. The molecule has 2 heterocycles. The van der Waals surface area contributed by atoms with Crippen molar-refractivity contribution in [3.05, 3.63) is 169 Å². The number of halogens is 7. The molecule has 16 nitrogen and oxygen atoms in total. The van der Waals surface area contributed by atoms with Crippen molar-refractivity contribution in [2.75, 3.05) is 32.3 Å². The van der Waals surface area contributed by atoms with Crippen LogP contribution in [-0.2, 0) is 21.9 Å². The van der Waals surface area contributed by atoms with Crippen LogP contribution in [0.5, 0.6) is 23.0 Å². The number of carbonyl (C=O) groups is 6. The maximum Gasteiger partial charge on any atom is 0.418 e.